The fourth-order valence-corrected chi connectivity index (χ4v) is 4.46. The molecule has 0 saturated carbocycles. The molecular weight excluding hydrogens is 338 g/mol. The lowest BCUT2D eigenvalue weighted by atomic mass is 9.79. The number of nitrogens with zero attached hydrogens (tertiary/aromatic N) is 1. The number of amides is 1. The fourth-order valence-electron chi connectivity index (χ4n) is 4.46. The smallest absolute Gasteiger partial charge is 0.244 e. The van der Waals surface area contributed by atoms with Crippen LogP contribution in [0.4, 0.5) is 5.69 Å². The fraction of sp³-hybridized carbons (Fsp3) is 0.591. The van der Waals surface area contributed by atoms with Crippen LogP contribution in [-0.2, 0) is 9.53 Å². The van der Waals surface area contributed by atoms with Crippen LogP contribution in [0.2, 0.25) is 0 Å². The third kappa shape index (κ3) is 5.81. The third-order valence-corrected chi connectivity index (χ3v) is 5.23. The van der Waals surface area contributed by atoms with Crippen LogP contribution in [0.25, 0.3) is 6.08 Å². The standard InChI is InChI=1S/C22H33N3O2/c1-21(2)15-18(16-22(3,4)24-21)23-20(26)10-7-17-5-8-19(9-6-17)25-11-13-27-14-12-25/h5-10,18,24H,11-16H2,1-4H3,(H,23,26)/b10-7-. The second-order valence-corrected chi connectivity index (χ2v) is 9.03. The molecule has 27 heavy (non-hydrogen) atoms. The van der Waals surface area contributed by atoms with Gasteiger partial charge in [0.15, 0.2) is 0 Å². The van der Waals surface area contributed by atoms with Crippen molar-refractivity contribution < 1.29 is 9.53 Å². The van der Waals surface area contributed by atoms with Gasteiger partial charge in [0.05, 0.1) is 13.2 Å². The monoisotopic (exact) mass is 371 g/mol. The van der Waals surface area contributed by atoms with Crippen LogP contribution in [0.3, 0.4) is 0 Å². The summed E-state index contributed by atoms with van der Waals surface area (Å²) in [6.07, 6.45) is 5.40. The van der Waals surface area contributed by atoms with Gasteiger partial charge in [-0.2, -0.15) is 0 Å². The molecule has 5 nitrogen and oxygen atoms in total. The highest BCUT2D eigenvalue weighted by molar-refractivity contribution is 5.92. The molecule has 0 radical (unpaired) electrons. The molecule has 1 aromatic rings. The second-order valence-electron chi connectivity index (χ2n) is 9.03. The zero-order valence-corrected chi connectivity index (χ0v) is 17.0. The molecule has 2 aliphatic heterocycles. The molecule has 0 spiro atoms. The van der Waals surface area contributed by atoms with E-state index in [9.17, 15) is 4.79 Å². The Bertz CT molecular complexity index is 657. The summed E-state index contributed by atoms with van der Waals surface area (Å²) in [5.74, 6) is -0.0224. The molecule has 0 unspecified atom stereocenters. The van der Waals surface area contributed by atoms with Gasteiger partial charge in [0.25, 0.3) is 0 Å². The van der Waals surface area contributed by atoms with Crippen molar-refractivity contribution in [2.24, 2.45) is 0 Å². The summed E-state index contributed by atoms with van der Waals surface area (Å²) in [6.45, 7) is 12.2. The summed E-state index contributed by atoms with van der Waals surface area (Å²) < 4.78 is 5.40. The van der Waals surface area contributed by atoms with Gasteiger partial charge in [0.2, 0.25) is 5.91 Å². The van der Waals surface area contributed by atoms with Gasteiger partial charge in [-0.25, -0.2) is 0 Å². The first-order valence-electron chi connectivity index (χ1n) is 9.93. The van der Waals surface area contributed by atoms with Gasteiger partial charge in [-0.1, -0.05) is 12.1 Å². The topological polar surface area (TPSA) is 53.6 Å². The summed E-state index contributed by atoms with van der Waals surface area (Å²) in [6, 6.07) is 8.54. The van der Waals surface area contributed by atoms with E-state index in [1.54, 1.807) is 6.08 Å². The maximum absolute atomic E-state index is 12.4. The Labute approximate surface area is 163 Å². The van der Waals surface area contributed by atoms with Crippen LogP contribution in [0.1, 0.15) is 46.1 Å². The van der Waals surface area contributed by atoms with Crippen LogP contribution >= 0.6 is 0 Å². The number of ether oxygens (including phenoxy) is 1. The number of nitrogens with one attached hydrogen (secondary N) is 2. The van der Waals surface area contributed by atoms with E-state index in [4.69, 9.17) is 4.74 Å². The minimum Gasteiger partial charge on any atom is -0.378 e. The van der Waals surface area contributed by atoms with Crippen molar-refractivity contribution in [3.63, 3.8) is 0 Å². The van der Waals surface area contributed by atoms with E-state index in [0.717, 1.165) is 44.7 Å². The van der Waals surface area contributed by atoms with E-state index in [-0.39, 0.29) is 23.0 Å². The normalized spacial score (nSPS) is 22.7. The molecule has 2 N–H and O–H groups in total. The van der Waals surface area contributed by atoms with Crippen molar-refractivity contribution in [1.29, 1.82) is 0 Å². The Kier molecular flexibility index (Phi) is 5.92. The first-order chi connectivity index (χ1) is 12.7. The van der Waals surface area contributed by atoms with Crippen molar-refractivity contribution in [3.05, 3.63) is 35.9 Å². The number of morpholine rings is 1. The van der Waals surface area contributed by atoms with E-state index in [1.807, 2.05) is 6.08 Å². The summed E-state index contributed by atoms with van der Waals surface area (Å²) in [4.78, 5) is 14.7. The minimum absolute atomic E-state index is 0.0224. The molecule has 5 heteroatoms. The molecule has 1 amide bonds. The lowest BCUT2D eigenvalue weighted by Crippen LogP contribution is -2.62. The molecular formula is C22H33N3O2. The van der Waals surface area contributed by atoms with Gasteiger partial charge in [-0.15, -0.1) is 0 Å². The maximum Gasteiger partial charge on any atom is 0.244 e. The predicted molar refractivity (Wildman–Crippen MR) is 111 cm³/mol. The molecule has 2 aliphatic rings. The van der Waals surface area contributed by atoms with Crippen molar-refractivity contribution in [2.75, 3.05) is 31.2 Å². The van der Waals surface area contributed by atoms with Gasteiger partial charge in [0.1, 0.15) is 0 Å². The number of hydrogen-bond donors (Lipinski definition) is 2. The zero-order valence-electron chi connectivity index (χ0n) is 17.0. The summed E-state index contributed by atoms with van der Waals surface area (Å²) in [5.41, 5.74) is 2.30. The highest BCUT2D eigenvalue weighted by atomic mass is 16.5. The van der Waals surface area contributed by atoms with E-state index in [0.29, 0.717) is 0 Å². The molecule has 2 heterocycles. The predicted octanol–water partition coefficient (Wildman–Crippen LogP) is 2.96. The lowest BCUT2D eigenvalue weighted by molar-refractivity contribution is -0.117. The van der Waals surface area contributed by atoms with Gasteiger partial charge in [-0.05, 0) is 64.3 Å². The summed E-state index contributed by atoms with van der Waals surface area (Å²) in [5, 5.41) is 6.82. The molecule has 148 valence electrons. The largest absolute Gasteiger partial charge is 0.378 e. The van der Waals surface area contributed by atoms with Crippen LogP contribution in [0.5, 0.6) is 0 Å². The van der Waals surface area contributed by atoms with Crippen molar-refractivity contribution >= 4 is 17.7 Å². The second kappa shape index (κ2) is 8.03. The number of carbonyl (C=O) groups is 1. The number of rotatable bonds is 4. The van der Waals surface area contributed by atoms with Crippen molar-refractivity contribution in [1.82, 2.24) is 10.6 Å². The molecule has 2 fully saturated rings. The van der Waals surface area contributed by atoms with Crippen LogP contribution in [0.15, 0.2) is 30.3 Å². The minimum atomic E-state index is -0.0224. The summed E-state index contributed by atoms with van der Waals surface area (Å²) >= 11 is 0. The quantitative estimate of drug-likeness (QED) is 0.799. The van der Waals surface area contributed by atoms with E-state index in [2.05, 4.69) is 67.5 Å². The Balaban J connectivity index is 1.55. The molecule has 0 bridgehead atoms. The number of anilines is 1. The van der Waals surface area contributed by atoms with Crippen molar-refractivity contribution in [2.45, 2.75) is 57.7 Å². The first kappa shape index (κ1) is 19.9. The van der Waals surface area contributed by atoms with Crippen LogP contribution in [-0.4, -0.2) is 49.3 Å². The average molecular weight is 372 g/mol. The van der Waals surface area contributed by atoms with Gasteiger partial charge < -0.3 is 20.3 Å². The number of carbonyl (C=O) groups excluding carboxylic acids is 1. The highest BCUT2D eigenvalue weighted by Crippen LogP contribution is 2.28. The average Bonchev–Trinajstić information content (AvgIpc) is 2.58. The Hall–Kier alpha value is -1.85. The number of hydrogen-bond acceptors (Lipinski definition) is 4. The van der Waals surface area contributed by atoms with Crippen LogP contribution < -0.4 is 15.5 Å². The number of piperidine rings is 1. The molecule has 0 aromatic heterocycles. The van der Waals surface area contributed by atoms with E-state index < -0.39 is 0 Å². The zero-order chi connectivity index (χ0) is 19.5. The molecule has 2 saturated heterocycles. The highest BCUT2D eigenvalue weighted by Gasteiger charge is 2.37. The Morgan fingerprint density at radius 3 is 2.30 bits per heavy atom. The van der Waals surface area contributed by atoms with E-state index in [1.165, 1.54) is 5.69 Å². The Morgan fingerprint density at radius 2 is 1.70 bits per heavy atom. The summed E-state index contributed by atoms with van der Waals surface area (Å²) in [7, 11) is 0. The third-order valence-electron chi connectivity index (χ3n) is 5.23. The molecule has 3 rings (SSSR count). The lowest BCUT2D eigenvalue weighted by Gasteiger charge is -2.46. The van der Waals surface area contributed by atoms with Gasteiger partial charge >= 0.3 is 0 Å². The van der Waals surface area contributed by atoms with Gasteiger partial charge in [-0.3, -0.25) is 4.79 Å². The van der Waals surface area contributed by atoms with Gasteiger partial charge in [0, 0.05) is 42.0 Å². The van der Waals surface area contributed by atoms with E-state index >= 15 is 0 Å². The molecule has 1 aromatic carbocycles. The SMILES string of the molecule is CC1(C)CC(NC(=O)/C=C\c2ccc(N3CCOCC3)cc2)CC(C)(C)N1. The molecule has 0 aliphatic carbocycles. The Morgan fingerprint density at radius 1 is 1.11 bits per heavy atom. The maximum atomic E-state index is 12.4. The van der Waals surface area contributed by atoms with Crippen LogP contribution in [0, 0.1) is 0 Å². The van der Waals surface area contributed by atoms with Crippen molar-refractivity contribution in [3.8, 4) is 0 Å². The first-order valence-corrected chi connectivity index (χ1v) is 9.93. The number of benzene rings is 1. The molecule has 0 atom stereocenters.